The molecule has 1 amide bonds. The van der Waals surface area contributed by atoms with E-state index < -0.39 is 0 Å². The largest absolute Gasteiger partial charge is 0.342 e. The number of fused-ring (bicyclic) bond motifs is 2. The third kappa shape index (κ3) is 3.41. The highest BCUT2D eigenvalue weighted by atomic mass is 35.5. The van der Waals surface area contributed by atoms with E-state index in [4.69, 9.17) is 0 Å². The Bertz CT molecular complexity index is 323. The molecule has 0 radical (unpaired) electrons. The fraction of sp³-hybridized carbons (Fsp3) is 0.929. The predicted octanol–water partition coefficient (Wildman–Crippen LogP) is 1.24. The van der Waals surface area contributed by atoms with Gasteiger partial charge in [0.1, 0.15) is 0 Å². The van der Waals surface area contributed by atoms with Crippen molar-refractivity contribution in [2.24, 2.45) is 0 Å². The van der Waals surface area contributed by atoms with Crippen LogP contribution in [-0.4, -0.2) is 60.5 Å². The van der Waals surface area contributed by atoms with Gasteiger partial charge in [-0.2, -0.15) is 0 Å². The molecule has 0 aromatic heterocycles. The Balaban J connectivity index is 0.00000133. The van der Waals surface area contributed by atoms with Crippen LogP contribution < -0.4 is 5.32 Å². The first kappa shape index (κ1) is 15.1. The molecular formula is C14H26ClN3O. The van der Waals surface area contributed by atoms with Gasteiger partial charge in [-0.15, -0.1) is 12.4 Å². The van der Waals surface area contributed by atoms with Crippen molar-refractivity contribution in [2.75, 3.05) is 20.6 Å². The standard InChI is InChI=1S/C14H25N3O.ClH/c1-16(9-14(18)17(2)12-5-6-12)13-7-10-3-4-11(8-13)15-10;/h10-13,15H,3-9H2,1-2H3;1H. The van der Waals surface area contributed by atoms with Gasteiger partial charge in [-0.3, -0.25) is 9.69 Å². The number of piperidine rings is 1. The van der Waals surface area contributed by atoms with Crippen LogP contribution in [0.5, 0.6) is 0 Å². The van der Waals surface area contributed by atoms with Gasteiger partial charge in [0.05, 0.1) is 6.54 Å². The third-order valence-electron chi connectivity index (χ3n) is 4.94. The molecule has 3 rings (SSSR count). The van der Waals surface area contributed by atoms with Crippen LogP contribution in [0.25, 0.3) is 0 Å². The Morgan fingerprint density at radius 2 is 1.63 bits per heavy atom. The van der Waals surface area contributed by atoms with Crippen molar-refractivity contribution < 1.29 is 4.79 Å². The molecule has 19 heavy (non-hydrogen) atoms. The molecule has 110 valence electrons. The highest BCUT2D eigenvalue weighted by Gasteiger charge is 2.36. The van der Waals surface area contributed by atoms with E-state index in [1.165, 1.54) is 38.5 Å². The molecule has 2 heterocycles. The van der Waals surface area contributed by atoms with Gasteiger partial charge in [0.15, 0.2) is 0 Å². The lowest BCUT2D eigenvalue weighted by Crippen LogP contribution is -2.49. The number of nitrogens with one attached hydrogen (secondary N) is 1. The number of carbonyl (C=O) groups is 1. The summed E-state index contributed by atoms with van der Waals surface area (Å²) in [6, 6.07) is 2.54. The molecular weight excluding hydrogens is 262 g/mol. The van der Waals surface area contributed by atoms with E-state index in [1.54, 1.807) is 0 Å². The first-order valence-electron chi connectivity index (χ1n) is 7.35. The van der Waals surface area contributed by atoms with Crippen LogP contribution in [-0.2, 0) is 4.79 Å². The van der Waals surface area contributed by atoms with Crippen LogP contribution in [0.2, 0.25) is 0 Å². The Hall–Kier alpha value is -0.320. The van der Waals surface area contributed by atoms with Crippen molar-refractivity contribution in [3.8, 4) is 0 Å². The number of hydrogen-bond donors (Lipinski definition) is 1. The fourth-order valence-corrected chi connectivity index (χ4v) is 3.51. The van der Waals surface area contributed by atoms with Gasteiger partial charge in [-0.25, -0.2) is 0 Å². The number of carbonyl (C=O) groups excluding carboxylic acids is 1. The van der Waals surface area contributed by atoms with Crippen molar-refractivity contribution in [3.05, 3.63) is 0 Å². The van der Waals surface area contributed by atoms with Crippen LogP contribution in [0.1, 0.15) is 38.5 Å². The Labute approximate surface area is 122 Å². The van der Waals surface area contributed by atoms with E-state index in [9.17, 15) is 4.79 Å². The summed E-state index contributed by atoms with van der Waals surface area (Å²) in [5, 5.41) is 3.66. The summed E-state index contributed by atoms with van der Waals surface area (Å²) in [6.07, 6.45) is 7.48. The molecule has 5 heteroatoms. The molecule has 3 aliphatic rings. The Morgan fingerprint density at radius 3 is 2.16 bits per heavy atom. The first-order chi connectivity index (χ1) is 8.63. The second kappa shape index (κ2) is 5.98. The number of hydrogen-bond acceptors (Lipinski definition) is 3. The normalized spacial score (nSPS) is 33.1. The molecule has 1 N–H and O–H groups in total. The second-order valence-corrected chi connectivity index (χ2v) is 6.41. The number of halogens is 1. The molecule has 0 spiro atoms. The minimum absolute atomic E-state index is 0. The number of likely N-dealkylation sites (N-methyl/N-ethyl adjacent to an activating group) is 2. The van der Waals surface area contributed by atoms with Gasteiger partial charge < -0.3 is 10.2 Å². The van der Waals surface area contributed by atoms with E-state index in [1.807, 2.05) is 11.9 Å². The molecule has 2 bridgehead atoms. The van der Waals surface area contributed by atoms with Gasteiger partial charge >= 0.3 is 0 Å². The van der Waals surface area contributed by atoms with Gasteiger partial charge in [-0.05, 0) is 45.6 Å². The van der Waals surface area contributed by atoms with Crippen LogP contribution in [0.15, 0.2) is 0 Å². The minimum Gasteiger partial charge on any atom is -0.342 e. The minimum atomic E-state index is 0. The Kier molecular flexibility index (Phi) is 4.75. The maximum absolute atomic E-state index is 12.1. The van der Waals surface area contributed by atoms with Crippen molar-refractivity contribution in [2.45, 2.75) is 62.7 Å². The molecule has 1 saturated carbocycles. The van der Waals surface area contributed by atoms with Crippen molar-refractivity contribution in [1.29, 1.82) is 0 Å². The van der Waals surface area contributed by atoms with Crippen molar-refractivity contribution in [3.63, 3.8) is 0 Å². The van der Waals surface area contributed by atoms with E-state index in [0.29, 0.717) is 36.6 Å². The third-order valence-corrected chi connectivity index (χ3v) is 4.94. The zero-order chi connectivity index (χ0) is 12.7. The lowest BCUT2D eigenvalue weighted by Gasteiger charge is -2.35. The van der Waals surface area contributed by atoms with E-state index >= 15 is 0 Å². The quantitative estimate of drug-likeness (QED) is 0.845. The summed E-state index contributed by atoms with van der Waals surface area (Å²) in [7, 11) is 4.08. The lowest BCUT2D eigenvalue weighted by molar-refractivity contribution is -0.132. The molecule has 1 aliphatic carbocycles. The topological polar surface area (TPSA) is 35.6 Å². The lowest BCUT2D eigenvalue weighted by atomic mass is 9.98. The molecule has 3 fully saturated rings. The van der Waals surface area contributed by atoms with Gasteiger partial charge in [0, 0.05) is 31.2 Å². The molecule has 0 aromatic rings. The van der Waals surface area contributed by atoms with Crippen LogP contribution in [0, 0.1) is 0 Å². The molecule has 2 unspecified atom stereocenters. The van der Waals surface area contributed by atoms with E-state index in [-0.39, 0.29) is 12.4 Å². The summed E-state index contributed by atoms with van der Waals surface area (Å²) >= 11 is 0. The van der Waals surface area contributed by atoms with Crippen LogP contribution in [0.3, 0.4) is 0 Å². The fourth-order valence-electron chi connectivity index (χ4n) is 3.51. The maximum Gasteiger partial charge on any atom is 0.236 e. The zero-order valence-electron chi connectivity index (χ0n) is 12.0. The average molecular weight is 288 g/mol. The first-order valence-corrected chi connectivity index (χ1v) is 7.35. The molecule has 2 atom stereocenters. The summed E-state index contributed by atoms with van der Waals surface area (Å²) in [6.45, 7) is 0.594. The summed E-state index contributed by atoms with van der Waals surface area (Å²) in [4.78, 5) is 16.4. The van der Waals surface area contributed by atoms with Crippen LogP contribution >= 0.6 is 12.4 Å². The average Bonchev–Trinajstić information content (AvgIpc) is 3.14. The predicted molar refractivity (Wildman–Crippen MR) is 78.6 cm³/mol. The van der Waals surface area contributed by atoms with Gasteiger partial charge in [0.25, 0.3) is 0 Å². The highest BCUT2D eigenvalue weighted by Crippen LogP contribution is 2.29. The zero-order valence-corrected chi connectivity index (χ0v) is 12.8. The van der Waals surface area contributed by atoms with Gasteiger partial charge in [-0.1, -0.05) is 0 Å². The SMILES string of the molecule is CN(CC(=O)N(C)C1CC1)C1CC2CCC(C1)N2.Cl. The summed E-state index contributed by atoms with van der Waals surface area (Å²) in [5.41, 5.74) is 0. The van der Waals surface area contributed by atoms with Gasteiger partial charge in [0.2, 0.25) is 5.91 Å². The number of amides is 1. The summed E-state index contributed by atoms with van der Waals surface area (Å²) in [5.74, 6) is 0.297. The number of nitrogens with zero attached hydrogens (tertiary/aromatic N) is 2. The number of rotatable bonds is 4. The van der Waals surface area contributed by atoms with E-state index in [0.717, 1.165) is 0 Å². The van der Waals surface area contributed by atoms with Crippen LogP contribution in [0.4, 0.5) is 0 Å². The smallest absolute Gasteiger partial charge is 0.236 e. The molecule has 2 aliphatic heterocycles. The van der Waals surface area contributed by atoms with Crippen molar-refractivity contribution in [1.82, 2.24) is 15.1 Å². The second-order valence-electron chi connectivity index (χ2n) is 6.41. The molecule has 2 saturated heterocycles. The maximum atomic E-state index is 12.1. The monoisotopic (exact) mass is 287 g/mol. The molecule has 0 aromatic carbocycles. The molecule has 4 nitrogen and oxygen atoms in total. The van der Waals surface area contributed by atoms with Crippen molar-refractivity contribution >= 4 is 18.3 Å². The summed E-state index contributed by atoms with van der Waals surface area (Å²) < 4.78 is 0. The van der Waals surface area contributed by atoms with E-state index in [2.05, 4.69) is 17.3 Å². The highest BCUT2D eigenvalue weighted by molar-refractivity contribution is 5.85. The Morgan fingerprint density at radius 1 is 1.05 bits per heavy atom.